The van der Waals surface area contributed by atoms with Crippen molar-refractivity contribution in [2.45, 2.75) is 70.5 Å². The van der Waals surface area contributed by atoms with Crippen molar-refractivity contribution in [2.24, 2.45) is 5.73 Å². The Morgan fingerprint density at radius 3 is 2.48 bits per heavy atom. The minimum absolute atomic E-state index is 0.0632. The number of nitrogens with zero attached hydrogens (tertiary/aromatic N) is 3. The third-order valence-corrected chi connectivity index (χ3v) is 7.04. The molecule has 8 heteroatoms. The van der Waals surface area contributed by atoms with E-state index < -0.39 is 11.6 Å². The summed E-state index contributed by atoms with van der Waals surface area (Å²) in [6.45, 7) is 6.37. The maximum atomic E-state index is 13.2. The summed E-state index contributed by atoms with van der Waals surface area (Å²) in [6, 6.07) is 5.35. The van der Waals surface area contributed by atoms with Gasteiger partial charge in [-0.15, -0.1) is 0 Å². The van der Waals surface area contributed by atoms with Crippen LogP contribution in [0.25, 0.3) is 0 Å². The molecule has 33 heavy (non-hydrogen) atoms. The standard InChI is InChI=1S/C25H39N5O3/c1-18-16-19(8-10-21(18)28(3)4)17-27-24(33)25(2)12-7-15-30(25)23(32)20(26)9-11-22(31)29-13-5-6-14-29/h8,10,16,20H,5-7,9,11-15,17,26H2,1-4H3,(H,27,33)/t20-,25+/m1/s1. The second-order valence-corrected chi connectivity index (χ2v) is 9.80. The van der Waals surface area contributed by atoms with Crippen LogP contribution in [0.5, 0.6) is 0 Å². The quantitative estimate of drug-likeness (QED) is 0.620. The molecule has 2 saturated heterocycles. The van der Waals surface area contributed by atoms with E-state index in [1.165, 1.54) is 0 Å². The molecule has 0 spiro atoms. The molecule has 2 atom stereocenters. The normalized spacial score (nSPS) is 21.2. The van der Waals surface area contributed by atoms with Gasteiger partial charge in [-0.3, -0.25) is 14.4 Å². The largest absolute Gasteiger partial charge is 0.377 e. The third kappa shape index (κ3) is 5.66. The molecular weight excluding hydrogens is 418 g/mol. The lowest BCUT2D eigenvalue weighted by atomic mass is 9.96. The first-order chi connectivity index (χ1) is 15.6. The fourth-order valence-corrected chi connectivity index (χ4v) is 4.98. The van der Waals surface area contributed by atoms with Crippen molar-refractivity contribution in [1.29, 1.82) is 0 Å². The Kier molecular flexibility index (Phi) is 8.00. The van der Waals surface area contributed by atoms with Crippen molar-refractivity contribution in [3.8, 4) is 0 Å². The highest BCUT2D eigenvalue weighted by molar-refractivity contribution is 5.93. The van der Waals surface area contributed by atoms with Crippen molar-refractivity contribution < 1.29 is 14.4 Å². The molecule has 0 aromatic heterocycles. The number of amides is 3. The summed E-state index contributed by atoms with van der Waals surface area (Å²) in [6.07, 6.45) is 4.01. The van der Waals surface area contributed by atoms with Crippen molar-refractivity contribution >= 4 is 23.4 Å². The monoisotopic (exact) mass is 457 g/mol. The minimum atomic E-state index is -0.924. The summed E-state index contributed by atoms with van der Waals surface area (Å²) < 4.78 is 0. The molecular formula is C25H39N5O3. The van der Waals surface area contributed by atoms with Gasteiger partial charge in [-0.05, 0) is 63.1 Å². The number of aryl methyl sites for hydroxylation is 1. The van der Waals surface area contributed by atoms with E-state index in [9.17, 15) is 14.4 Å². The summed E-state index contributed by atoms with van der Waals surface area (Å²) in [5, 5.41) is 3.02. The van der Waals surface area contributed by atoms with Gasteiger partial charge in [0, 0.05) is 52.4 Å². The van der Waals surface area contributed by atoms with E-state index in [2.05, 4.69) is 23.2 Å². The van der Waals surface area contributed by atoms with Crippen LogP contribution in [0.4, 0.5) is 5.69 Å². The van der Waals surface area contributed by atoms with Gasteiger partial charge in [0.15, 0.2) is 0 Å². The molecule has 3 N–H and O–H groups in total. The lowest BCUT2D eigenvalue weighted by molar-refractivity contribution is -0.145. The summed E-state index contributed by atoms with van der Waals surface area (Å²) in [5.74, 6) is -0.346. The van der Waals surface area contributed by atoms with Crippen LogP contribution in [-0.4, -0.2) is 72.8 Å². The van der Waals surface area contributed by atoms with Crippen LogP contribution in [0.3, 0.4) is 0 Å². The second kappa shape index (κ2) is 10.5. The van der Waals surface area contributed by atoms with Gasteiger partial charge in [-0.25, -0.2) is 0 Å². The molecule has 2 fully saturated rings. The van der Waals surface area contributed by atoms with Crippen LogP contribution < -0.4 is 16.0 Å². The summed E-state index contributed by atoms with van der Waals surface area (Å²) in [4.78, 5) is 44.1. The first kappa shape index (κ1) is 25.0. The van der Waals surface area contributed by atoms with E-state index in [4.69, 9.17) is 5.73 Å². The molecule has 8 nitrogen and oxygen atoms in total. The highest BCUT2D eigenvalue weighted by Crippen LogP contribution is 2.30. The molecule has 0 bridgehead atoms. The van der Waals surface area contributed by atoms with Crippen molar-refractivity contribution in [1.82, 2.24) is 15.1 Å². The number of rotatable bonds is 8. The predicted octanol–water partition coefficient (Wildman–Crippen LogP) is 1.79. The lowest BCUT2D eigenvalue weighted by Crippen LogP contribution is -2.58. The summed E-state index contributed by atoms with van der Waals surface area (Å²) in [7, 11) is 4.01. The van der Waals surface area contributed by atoms with Crippen LogP contribution in [0, 0.1) is 6.92 Å². The molecule has 2 aliphatic heterocycles. The Labute approximate surface area is 197 Å². The number of benzene rings is 1. The SMILES string of the molecule is Cc1cc(CNC(=O)[C@]2(C)CCCN2C(=O)[C@H](N)CCC(=O)N2CCCC2)ccc1N(C)C. The fraction of sp³-hybridized carbons (Fsp3) is 0.640. The number of anilines is 1. The number of nitrogens with one attached hydrogen (secondary N) is 1. The van der Waals surface area contributed by atoms with Crippen molar-refractivity contribution in [3.05, 3.63) is 29.3 Å². The molecule has 182 valence electrons. The maximum absolute atomic E-state index is 13.2. The van der Waals surface area contributed by atoms with Crippen LogP contribution in [0.2, 0.25) is 0 Å². The smallest absolute Gasteiger partial charge is 0.245 e. The Morgan fingerprint density at radius 2 is 1.85 bits per heavy atom. The Bertz CT molecular complexity index is 881. The first-order valence-electron chi connectivity index (χ1n) is 12.0. The molecule has 0 aliphatic carbocycles. The van der Waals surface area contributed by atoms with Crippen LogP contribution >= 0.6 is 0 Å². The van der Waals surface area contributed by atoms with Gasteiger partial charge in [0.05, 0.1) is 6.04 Å². The van der Waals surface area contributed by atoms with Crippen LogP contribution in [-0.2, 0) is 20.9 Å². The highest BCUT2D eigenvalue weighted by atomic mass is 16.2. The van der Waals surface area contributed by atoms with Gasteiger partial charge >= 0.3 is 0 Å². The van der Waals surface area contributed by atoms with Crippen molar-refractivity contribution in [2.75, 3.05) is 38.6 Å². The van der Waals surface area contributed by atoms with Crippen LogP contribution in [0.1, 0.15) is 56.6 Å². The molecule has 2 heterocycles. The predicted molar refractivity (Wildman–Crippen MR) is 130 cm³/mol. The molecule has 1 aromatic carbocycles. The number of carbonyl (C=O) groups is 3. The molecule has 3 rings (SSSR count). The van der Waals surface area contributed by atoms with Crippen LogP contribution in [0.15, 0.2) is 18.2 Å². The number of likely N-dealkylation sites (tertiary alicyclic amines) is 2. The van der Waals surface area contributed by atoms with Gasteiger partial charge in [-0.1, -0.05) is 12.1 Å². The van der Waals surface area contributed by atoms with E-state index in [0.29, 0.717) is 25.9 Å². The second-order valence-electron chi connectivity index (χ2n) is 9.80. The third-order valence-electron chi connectivity index (χ3n) is 7.04. The zero-order valence-corrected chi connectivity index (χ0v) is 20.5. The lowest BCUT2D eigenvalue weighted by Gasteiger charge is -2.35. The van der Waals surface area contributed by atoms with E-state index in [1.807, 2.05) is 38.1 Å². The highest BCUT2D eigenvalue weighted by Gasteiger charge is 2.46. The van der Waals surface area contributed by atoms with E-state index in [1.54, 1.807) is 4.90 Å². The van der Waals surface area contributed by atoms with Gasteiger partial charge < -0.3 is 25.8 Å². The molecule has 1 aromatic rings. The number of carbonyl (C=O) groups excluding carboxylic acids is 3. The molecule has 0 saturated carbocycles. The zero-order valence-electron chi connectivity index (χ0n) is 20.5. The Hall–Kier alpha value is -2.61. The van der Waals surface area contributed by atoms with Crippen molar-refractivity contribution in [3.63, 3.8) is 0 Å². The van der Waals surface area contributed by atoms with E-state index in [-0.39, 0.29) is 24.1 Å². The van der Waals surface area contributed by atoms with Gasteiger partial charge in [0.2, 0.25) is 17.7 Å². The molecule has 0 unspecified atom stereocenters. The number of hydrogen-bond donors (Lipinski definition) is 2. The number of hydrogen-bond acceptors (Lipinski definition) is 5. The number of nitrogens with two attached hydrogens (primary N) is 1. The summed E-state index contributed by atoms with van der Waals surface area (Å²) >= 11 is 0. The average Bonchev–Trinajstić information content (AvgIpc) is 3.45. The maximum Gasteiger partial charge on any atom is 0.245 e. The van der Waals surface area contributed by atoms with E-state index in [0.717, 1.165) is 49.2 Å². The van der Waals surface area contributed by atoms with E-state index >= 15 is 0 Å². The zero-order chi connectivity index (χ0) is 24.2. The topological polar surface area (TPSA) is 99.0 Å². The van der Waals surface area contributed by atoms with Gasteiger partial charge in [0.1, 0.15) is 5.54 Å². The van der Waals surface area contributed by atoms with Gasteiger partial charge in [0.25, 0.3) is 0 Å². The summed E-state index contributed by atoms with van der Waals surface area (Å²) in [5.41, 5.74) is 8.56. The molecule has 0 radical (unpaired) electrons. The fourth-order valence-electron chi connectivity index (χ4n) is 4.98. The molecule has 3 amide bonds. The minimum Gasteiger partial charge on any atom is -0.377 e. The molecule has 2 aliphatic rings. The first-order valence-corrected chi connectivity index (χ1v) is 12.0. The Balaban J connectivity index is 1.57. The average molecular weight is 458 g/mol. The van der Waals surface area contributed by atoms with Gasteiger partial charge in [-0.2, -0.15) is 0 Å². The Morgan fingerprint density at radius 1 is 1.15 bits per heavy atom.